The Hall–Kier alpha value is -2.73. The van der Waals surface area contributed by atoms with Crippen LogP contribution in [0.25, 0.3) is 0 Å². The van der Waals surface area contributed by atoms with Crippen LogP contribution in [0.4, 0.5) is 0 Å². The van der Waals surface area contributed by atoms with E-state index in [0.717, 1.165) is 25.8 Å². The molecule has 0 bridgehead atoms. The van der Waals surface area contributed by atoms with Crippen LogP contribution in [0.1, 0.15) is 11.1 Å². The van der Waals surface area contributed by atoms with Crippen molar-refractivity contribution in [2.24, 2.45) is 0 Å². The molecule has 0 amide bonds. The maximum Gasteiger partial charge on any atom is 0.113 e. The topological polar surface area (TPSA) is 3.24 Å². The molecule has 0 radical (unpaired) electrons. The fourth-order valence-corrected chi connectivity index (χ4v) is 9.03. The predicted molar refractivity (Wildman–Crippen MR) is 131 cm³/mol. The Kier molecular flexibility index (Phi) is 5.49. The first-order valence-corrected chi connectivity index (χ1v) is 12.7. The van der Waals surface area contributed by atoms with Crippen LogP contribution in [0.2, 0.25) is 0 Å². The Bertz CT molecular complexity index is 971. The van der Waals surface area contributed by atoms with Gasteiger partial charge in [-0.15, -0.1) is 0 Å². The number of nitrogens with zero attached hydrogens (tertiary/aromatic N) is 1. The van der Waals surface area contributed by atoms with Gasteiger partial charge in [-0.05, 0) is 47.5 Å². The molecule has 4 aromatic rings. The highest BCUT2D eigenvalue weighted by molar-refractivity contribution is 7.95. The van der Waals surface area contributed by atoms with E-state index in [2.05, 4.69) is 120 Å². The summed E-state index contributed by atoms with van der Waals surface area (Å²) in [4.78, 5) is 2.62. The second kappa shape index (κ2) is 8.56. The maximum absolute atomic E-state index is 2.62. The zero-order valence-electron chi connectivity index (χ0n) is 17.2. The fourth-order valence-electron chi connectivity index (χ4n) is 4.74. The third-order valence-electron chi connectivity index (χ3n) is 6.25. The highest BCUT2D eigenvalue weighted by atomic mass is 31.2. The summed E-state index contributed by atoms with van der Waals surface area (Å²) in [5, 5.41) is 4.41. The van der Waals surface area contributed by atoms with E-state index in [1.807, 2.05) is 0 Å². The monoisotopic (exact) mass is 408 g/mol. The largest absolute Gasteiger partial charge is 0.291 e. The zero-order valence-corrected chi connectivity index (χ0v) is 18.1. The van der Waals surface area contributed by atoms with Crippen molar-refractivity contribution in [2.45, 2.75) is 13.1 Å². The highest BCUT2D eigenvalue weighted by Gasteiger charge is 2.45. The molecule has 0 aromatic heterocycles. The van der Waals surface area contributed by atoms with Crippen molar-refractivity contribution >= 4 is 23.2 Å². The maximum atomic E-state index is 2.62. The molecule has 1 aliphatic heterocycles. The molecule has 4 aromatic carbocycles. The molecule has 1 heterocycles. The fraction of sp³-hybridized carbons (Fsp3) is 0.143. The van der Waals surface area contributed by atoms with E-state index in [0.29, 0.717) is 0 Å². The van der Waals surface area contributed by atoms with Crippen LogP contribution >= 0.6 is 7.26 Å². The molecule has 148 valence electrons. The first-order chi connectivity index (χ1) is 14.9. The smallest absolute Gasteiger partial charge is 0.113 e. The molecule has 0 N–H and O–H groups in total. The van der Waals surface area contributed by atoms with Crippen molar-refractivity contribution in [3.05, 3.63) is 126 Å². The summed E-state index contributed by atoms with van der Waals surface area (Å²) in [6.07, 6.45) is 1.15. The number of benzene rings is 4. The van der Waals surface area contributed by atoms with Gasteiger partial charge in [0.25, 0.3) is 0 Å². The van der Waals surface area contributed by atoms with E-state index in [4.69, 9.17) is 0 Å². The molecule has 5 rings (SSSR count). The second-order valence-electron chi connectivity index (χ2n) is 8.02. The van der Waals surface area contributed by atoms with Gasteiger partial charge < -0.3 is 0 Å². The van der Waals surface area contributed by atoms with E-state index in [1.54, 1.807) is 0 Å². The number of hydrogen-bond acceptors (Lipinski definition) is 1. The molecule has 0 spiro atoms. The molecule has 0 saturated carbocycles. The van der Waals surface area contributed by atoms with Crippen LogP contribution in [0.5, 0.6) is 0 Å². The van der Waals surface area contributed by atoms with Crippen molar-refractivity contribution in [3.63, 3.8) is 0 Å². The van der Waals surface area contributed by atoms with Crippen LogP contribution in [0, 0.1) is 0 Å². The predicted octanol–water partition coefficient (Wildman–Crippen LogP) is 5.00. The molecule has 0 atom stereocenters. The summed E-state index contributed by atoms with van der Waals surface area (Å²) in [6.45, 7) is 3.23. The minimum absolute atomic E-state index is 1.06. The lowest BCUT2D eigenvalue weighted by Gasteiger charge is -2.29. The SMILES string of the molecule is c1ccc([P+](CCN2Cc3ccccc3C2)(c2ccccc2)c2ccccc2)cc1. The van der Waals surface area contributed by atoms with Crippen LogP contribution in [0.3, 0.4) is 0 Å². The summed E-state index contributed by atoms with van der Waals surface area (Å²) in [7, 11) is -1.74. The van der Waals surface area contributed by atoms with E-state index in [9.17, 15) is 0 Å². The van der Waals surface area contributed by atoms with Crippen molar-refractivity contribution in [2.75, 3.05) is 12.7 Å². The Morgan fingerprint density at radius 2 is 0.867 bits per heavy atom. The lowest BCUT2D eigenvalue weighted by molar-refractivity contribution is 0.303. The van der Waals surface area contributed by atoms with Gasteiger partial charge in [-0.3, -0.25) is 4.90 Å². The quantitative estimate of drug-likeness (QED) is 0.406. The minimum atomic E-state index is -1.74. The van der Waals surface area contributed by atoms with Gasteiger partial charge in [-0.25, -0.2) is 0 Å². The van der Waals surface area contributed by atoms with Crippen LogP contribution < -0.4 is 15.9 Å². The molecular formula is C28H27NP+. The minimum Gasteiger partial charge on any atom is -0.291 e. The van der Waals surface area contributed by atoms with Crippen molar-refractivity contribution in [1.29, 1.82) is 0 Å². The first kappa shape index (κ1) is 19.2. The molecule has 30 heavy (non-hydrogen) atoms. The van der Waals surface area contributed by atoms with Gasteiger partial charge in [0.05, 0.1) is 6.16 Å². The Morgan fingerprint density at radius 1 is 0.500 bits per heavy atom. The molecule has 0 aliphatic carbocycles. The summed E-state index contributed by atoms with van der Waals surface area (Å²) in [5.74, 6) is 0. The summed E-state index contributed by atoms with van der Waals surface area (Å²) >= 11 is 0. The van der Waals surface area contributed by atoms with Crippen molar-refractivity contribution < 1.29 is 0 Å². The average molecular weight is 409 g/mol. The van der Waals surface area contributed by atoms with Crippen molar-refractivity contribution in [1.82, 2.24) is 4.90 Å². The first-order valence-electron chi connectivity index (χ1n) is 10.7. The Morgan fingerprint density at radius 3 is 1.27 bits per heavy atom. The van der Waals surface area contributed by atoms with E-state index in [1.165, 1.54) is 27.0 Å². The van der Waals surface area contributed by atoms with Gasteiger partial charge >= 0.3 is 0 Å². The third kappa shape index (κ3) is 3.60. The number of hydrogen-bond donors (Lipinski definition) is 0. The van der Waals surface area contributed by atoms with Crippen LogP contribution in [-0.2, 0) is 13.1 Å². The van der Waals surface area contributed by atoms with Crippen LogP contribution in [0.15, 0.2) is 115 Å². The van der Waals surface area contributed by atoms with Crippen molar-refractivity contribution in [3.8, 4) is 0 Å². The number of fused-ring (bicyclic) bond motifs is 1. The van der Waals surface area contributed by atoms with Gasteiger partial charge in [-0.1, -0.05) is 78.9 Å². The van der Waals surface area contributed by atoms with E-state index in [-0.39, 0.29) is 0 Å². The van der Waals surface area contributed by atoms with Crippen LogP contribution in [-0.4, -0.2) is 17.6 Å². The number of rotatable bonds is 6. The lowest BCUT2D eigenvalue weighted by Crippen LogP contribution is -2.36. The van der Waals surface area contributed by atoms with Gasteiger partial charge in [0.2, 0.25) is 0 Å². The molecule has 1 nitrogen and oxygen atoms in total. The van der Waals surface area contributed by atoms with E-state index >= 15 is 0 Å². The second-order valence-corrected chi connectivity index (χ2v) is 11.6. The standard InChI is InChI=1S/C28H27NP/c1-4-14-26(15-5-1)30(27-16-6-2-7-17-27,28-18-8-3-9-19-28)21-20-29-22-24-12-10-11-13-25(24)23-29/h1-19H,20-23H2/q+1. The Labute approximate surface area is 180 Å². The zero-order chi connectivity index (χ0) is 20.2. The molecular weight excluding hydrogens is 381 g/mol. The Balaban J connectivity index is 1.56. The third-order valence-corrected chi connectivity index (χ3v) is 10.7. The summed E-state index contributed by atoms with van der Waals surface area (Å²) in [5.41, 5.74) is 2.97. The summed E-state index contributed by atoms with van der Waals surface area (Å²) < 4.78 is 0. The highest BCUT2D eigenvalue weighted by Crippen LogP contribution is 2.55. The van der Waals surface area contributed by atoms with E-state index < -0.39 is 7.26 Å². The molecule has 0 saturated heterocycles. The molecule has 1 aliphatic rings. The average Bonchev–Trinajstić information content (AvgIpc) is 3.25. The van der Waals surface area contributed by atoms with Gasteiger partial charge in [0.15, 0.2) is 0 Å². The molecule has 0 unspecified atom stereocenters. The summed E-state index contributed by atoms with van der Waals surface area (Å²) in [6, 6.07) is 42.5. The lowest BCUT2D eigenvalue weighted by atomic mass is 10.1. The molecule has 0 fully saturated rings. The molecule has 2 heteroatoms. The van der Waals surface area contributed by atoms with Gasteiger partial charge in [0.1, 0.15) is 23.2 Å². The van der Waals surface area contributed by atoms with Gasteiger partial charge in [0, 0.05) is 19.6 Å². The van der Waals surface area contributed by atoms with Gasteiger partial charge in [-0.2, -0.15) is 0 Å². The normalized spacial score (nSPS) is 13.9.